The molecule has 0 radical (unpaired) electrons. The number of halogens is 6. The fourth-order valence-corrected chi connectivity index (χ4v) is 8.27. The molecule has 0 aliphatic carbocycles. The van der Waals surface area contributed by atoms with E-state index in [1.54, 1.807) is 4.90 Å². The fraction of sp³-hybridized carbons (Fsp3) is 0.469. The molecule has 2 N–H and O–H groups in total. The van der Waals surface area contributed by atoms with Gasteiger partial charge in [-0.05, 0) is 56.8 Å². The Labute approximate surface area is 259 Å². The Morgan fingerprint density at radius 3 is 2.76 bits per heavy atom. The Hall–Kier alpha value is -3.91. The number of aromatic nitrogens is 4. The molecule has 4 aromatic rings. The molecular weight excluding hydrogens is 612 g/mol. The first-order chi connectivity index (χ1) is 22.0. The molecule has 0 saturated carbocycles. The van der Waals surface area contributed by atoms with Crippen LogP contribution in [-0.2, 0) is 0 Å². The normalized spacial score (nSPS) is 27.6. The first-order valence-corrected chi connectivity index (χ1v) is 15.5. The lowest BCUT2D eigenvalue weighted by atomic mass is 9.94. The van der Waals surface area contributed by atoms with Crippen LogP contribution in [0.15, 0.2) is 30.5 Å². The number of ether oxygens (including phenoxy) is 1. The summed E-state index contributed by atoms with van der Waals surface area (Å²) in [4.78, 5) is 12.8. The number of hydrogen-bond acceptors (Lipinski definition) is 7. The van der Waals surface area contributed by atoms with E-state index in [9.17, 15) is 17.6 Å². The van der Waals surface area contributed by atoms with Crippen LogP contribution in [0.4, 0.5) is 32.2 Å². The average molecular weight is 644 g/mol. The van der Waals surface area contributed by atoms with Crippen LogP contribution in [-0.4, -0.2) is 81.1 Å². The first kappa shape index (κ1) is 29.5. The van der Waals surface area contributed by atoms with Crippen LogP contribution in [0.25, 0.3) is 32.9 Å². The SMILES string of the molecule is Cc1c(F)cc2[nH]ncc2c1-c1c(F)cc2c(N3C[C@H]4CC[C@@](C=C(F)F)(C3)N4)nc(OC[C@@]34CCCN3C[C@H](F)C4)nc2c1F. The van der Waals surface area contributed by atoms with Gasteiger partial charge in [0.1, 0.15) is 35.7 Å². The van der Waals surface area contributed by atoms with Crippen LogP contribution in [0.1, 0.15) is 37.7 Å². The van der Waals surface area contributed by atoms with Gasteiger partial charge in [0.2, 0.25) is 0 Å². The molecule has 6 heterocycles. The molecule has 46 heavy (non-hydrogen) atoms. The third kappa shape index (κ3) is 4.62. The number of H-pyrrole nitrogens is 1. The number of benzene rings is 2. The van der Waals surface area contributed by atoms with Crippen LogP contribution >= 0.6 is 0 Å². The Morgan fingerprint density at radius 1 is 1.09 bits per heavy atom. The van der Waals surface area contributed by atoms with Gasteiger partial charge in [0.05, 0.1) is 28.4 Å². The summed E-state index contributed by atoms with van der Waals surface area (Å²) in [5.41, 5.74) is -2.06. The van der Waals surface area contributed by atoms with E-state index >= 15 is 8.78 Å². The molecule has 2 aromatic heterocycles. The molecule has 0 unspecified atom stereocenters. The van der Waals surface area contributed by atoms with Crippen LogP contribution < -0.4 is 15.0 Å². The molecule has 2 aromatic carbocycles. The van der Waals surface area contributed by atoms with Crippen molar-refractivity contribution in [1.29, 1.82) is 0 Å². The number of nitrogens with one attached hydrogen (secondary N) is 2. The summed E-state index contributed by atoms with van der Waals surface area (Å²) in [6.45, 7) is 2.96. The van der Waals surface area contributed by atoms with E-state index in [2.05, 4.69) is 30.4 Å². The zero-order valence-electron chi connectivity index (χ0n) is 24.9. The summed E-state index contributed by atoms with van der Waals surface area (Å²) < 4.78 is 95.6. The summed E-state index contributed by atoms with van der Waals surface area (Å²) in [5, 5.41) is 10.2. The molecule has 2 bridgehead atoms. The van der Waals surface area contributed by atoms with Gasteiger partial charge in [-0.3, -0.25) is 10.00 Å². The molecule has 4 saturated heterocycles. The smallest absolute Gasteiger partial charge is 0.319 e. The first-order valence-electron chi connectivity index (χ1n) is 15.5. The fourth-order valence-electron chi connectivity index (χ4n) is 8.27. The molecular formula is C32H31F6N7O. The van der Waals surface area contributed by atoms with Gasteiger partial charge < -0.3 is 15.0 Å². The Bertz CT molecular complexity index is 1910. The number of nitrogens with zero attached hydrogens (tertiary/aromatic N) is 5. The Balaban J connectivity index is 1.29. The van der Waals surface area contributed by atoms with E-state index in [1.807, 2.05) is 0 Å². The van der Waals surface area contributed by atoms with Crippen molar-refractivity contribution in [2.45, 2.75) is 62.3 Å². The predicted octanol–water partition coefficient (Wildman–Crippen LogP) is 5.95. The van der Waals surface area contributed by atoms with Gasteiger partial charge in [0.25, 0.3) is 6.08 Å². The topological polar surface area (TPSA) is 82.2 Å². The molecule has 4 atom stereocenters. The van der Waals surface area contributed by atoms with Crippen LogP contribution in [0.3, 0.4) is 0 Å². The quantitative estimate of drug-likeness (QED) is 0.252. The number of rotatable bonds is 6. The zero-order valence-corrected chi connectivity index (χ0v) is 24.9. The average Bonchev–Trinajstić information content (AvgIpc) is 3.75. The molecule has 0 spiro atoms. The molecule has 14 heteroatoms. The number of hydrogen-bond donors (Lipinski definition) is 2. The lowest BCUT2D eigenvalue weighted by Gasteiger charge is -2.40. The minimum atomic E-state index is -1.83. The molecule has 242 valence electrons. The van der Waals surface area contributed by atoms with Gasteiger partial charge in [0.15, 0.2) is 5.82 Å². The lowest BCUT2D eigenvalue weighted by molar-refractivity contribution is 0.107. The van der Waals surface area contributed by atoms with Crippen molar-refractivity contribution in [3.63, 3.8) is 0 Å². The van der Waals surface area contributed by atoms with Crippen molar-refractivity contribution in [1.82, 2.24) is 30.4 Å². The number of aromatic amines is 1. The van der Waals surface area contributed by atoms with E-state index in [-0.39, 0.29) is 58.6 Å². The number of fused-ring (bicyclic) bond motifs is 5. The Morgan fingerprint density at radius 2 is 1.93 bits per heavy atom. The van der Waals surface area contributed by atoms with Gasteiger partial charge >= 0.3 is 6.01 Å². The highest BCUT2D eigenvalue weighted by molar-refractivity contribution is 6.00. The minimum absolute atomic E-state index is 0.00793. The third-order valence-corrected chi connectivity index (χ3v) is 10.3. The third-order valence-electron chi connectivity index (χ3n) is 10.3. The second-order valence-corrected chi connectivity index (χ2v) is 13.2. The van der Waals surface area contributed by atoms with E-state index in [0.29, 0.717) is 37.7 Å². The van der Waals surface area contributed by atoms with Crippen LogP contribution in [0, 0.1) is 24.4 Å². The lowest BCUT2D eigenvalue weighted by Crippen LogP contribution is -2.59. The monoisotopic (exact) mass is 643 g/mol. The van der Waals surface area contributed by atoms with Gasteiger partial charge in [-0.15, -0.1) is 0 Å². The molecule has 0 amide bonds. The van der Waals surface area contributed by atoms with Crippen molar-refractivity contribution < 1.29 is 31.1 Å². The Kier molecular flexibility index (Phi) is 6.77. The number of piperazine rings is 1. The molecule has 4 aliphatic rings. The van der Waals surface area contributed by atoms with E-state index < -0.39 is 46.3 Å². The standard InChI is InChI=1S/C32H31F6N7O/c1-16-21(34)8-23-20(11-39-43-23)25(16)26-22(35)7-19-28(27(26)38)40-30(46-15-32-4-2-6-45(32)12-17(33)9-32)41-29(19)44-13-18-3-5-31(14-44,42-18)10-24(36)37/h7-8,10-11,17-18,42H,2-6,9,12-15H2,1H3,(H,39,43)/t17-,18-,31-,32+/m1/s1. The summed E-state index contributed by atoms with van der Waals surface area (Å²) >= 11 is 0. The number of alkyl halides is 1. The minimum Gasteiger partial charge on any atom is -0.461 e. The largest absolute Gasteiger partial charge is 0.461 e. The van der Waals surface area contributed by atoms with Gasteiger partial charge in [-0.25, -0.2) is 17.6 Å². The maximum absolute atomic E-state index is 16.8. The maximum Gasteiger partial charge on any atom is 0.319 e. The molecule has 8 rings (SSSR count). The summed E-state index contributed by atoms with van der Waals surface area (Å²) in [7, 11) is 0. The van der Waals surface area contributed by atoms with Crippen molar-refractivity contribution in [2.75, 3.05) is 37.7 Å². The van der Waals surface area contributed by atoms with Crippen molar-refractivity contribution in [2.24, 2.45) is 0 Å². The van der Waals surface area contributed by atoms with E-state index in [1.165, 1.54) is 19.2 Å². The van der Waals surface area contributed by atoms with Gasteiger partial charge in [0, 0.05) is 54.5 Å². The highest BCUT2D eigenvalue weighted by Crippen LogP contribution is 2.43. The van der Waals surface area contributed by atoms with E-state index in [4.69, 9.17) is 4.74 Å². The van der Waals surface area contributed by atoms with Crippen molar-refractivity contribution in [3.8, 4) is 17.1 Å². The highest BCUT2D eigenvalue weighted by atomic mass is 19.3. The van der Waals surface area contributed by atoms with Gasteiger partial charge in [-0.2, -0.15) is 23.8 Å². The molecule has 8 nitrogen and oxygen atoms in total. The highest BCUT2D eigenvalue weighted by Gasteiger charge is 2.50. The summed E-state index contributed by atoms with van der Waals surface area (Å²) in [6, 6.07) is 1.96. The number of anilines is 1. The maximum atomic E-state index is 16.8. The van der Waals surface area contributed by atoms with Crippen LogP contribution in [0.5, 0.6) is 6.01 Å². The van der Waals surface area contributed by atoms with Crippen molar-refractivity contribution >= 4 is 27.6 Å². The summed E-state index contributed by atoms with van der Waals surface area (Å²) in [6.07, 6.45) is 2.42. The summed E-state index contributed by atoms with van der Waals surface area (Å²) in [5.74, 6) is -2.55. The second-order valence-electron chi connectivity index (χ2n) is 13.2. The molecule has 4 aliphatic heterocycles. The molecule has 4 fully saturated rings. The second kappa shape index (κ2) is 10.6. The van der Waals surface area contributed by atoms with Gasteiger partial charge in [-0.1, -0.05) is 0 Å². The zero-order chi connectivity index (χ0) is 32.0. The van der Waals surface area contributed by atoms with Crippen molar-refractivity contribution in [3.05, 3.63) is 53.5 Å². The predicted molar refractivity (Wildman–Crippen MR) is 159 cm³/mol. The van der Waals surface area contributed by atoms with E-state index in [0.717, 1.165) is 31.5 Å². The van der Waals surface area contributed by atoms with Crippen LogP contribution in [0.2, 0.25) is 0 Å².